The average Bonchev–Trinajstić information content (AvgIpc) is 2.99. The summed E-state index contributed by atoms with van der Waals surface area (Å²) in [5, 5.41) is 0. The Morgan fingerprint density at radius 1 is 0.861 bits per heavy atom. The molecule has 0 unspecified atom stereocenters. The maximum absolute atomic E-state index is 14.0. The van der Waals surface area contributed by atoms with Gasteiger partial charge in [-0.15, -0.1) is 0 Å². The van der Waals surface area contributed by atoms with Crippen LogP contribution in [0.15, 0.2) is 69.5 Å². The monoisotopic (exact) mass is 510 g/mol. The second-order valence-corrected chi connectivity index (χ2v) is 11.8. The van der Waals surface area contributed by atoms with Gasteiger partial charge in [0.25, 0.3) is 0 Å². The topological polar surface area (TPSA) is 96.0 Å². The second-order valence-electron chi connectivity index (χ2n) is 9.82. The van der Waals surface area contributed by atoms with Crippen LogP contribution in [-0.2, 0) is 34.3 Å². The van der Waals surface area contributed by atoms with Crippen LogP contribution >= 0.6 is 0 Å². The second kappa shape index (κ2) is 9.24. The molecule has 0 bridgehead atoms. The van der Waals surface area contributed by atoms with E-state index in [2.05, 4.69) is 13.8 Å². The van der Waals surface area contributed by atoms with Gasteiger partial charge in [0, 0.05) is 6.42 Å². The molecule has 0 spiro atoms. The van der Waals surface area contributed by atoms with E-state index in [1.807, 2.05) is 24.3 Å². The molecule has 0 atom stereocenters. The third-order valence-electron chi connectivity index (χ3n) is 7.15. The molecule has 0 aliphatic heterocycles. The van der Waals surface area contributed by atoms with Gasteiger partial charge in [0.2, 0.25) is 9.84 Å². The Hall–Kier alpha value is -3.39. The molecule has 36 heavy (non-hydrogen) atoms. The molecule has 0 saturated carbocycles. The van der Waals surface area contributed by atoms with Crippen LogP contribution in [0.1, 0.15) is 44.2 Å². The molecule has 2 aromatic carbocycles. The molecular formula is C28H30O7S. The fourth-order valence-corrected chi connectivity index (χ4v) is 7.06. The zero-order valence-corrected chi connectivity index (χ0v) is 21.9. The smallest absolute Gasteiger partial charge is 0.323 e. The average molecular weight is 511 g/mol. The summed E-state index contributed by atoms with van der Waals surface area (Å²) in [6, 6.07) is 13.8. The lowest BCUT2D eigenvalue weighted by atomic mass is 9.69. The molecule has 0 radical (unpaired) electrons. The number of esters is 2. The normalized spacial score (nSPS) is 18.2. The molecule has 2 aliphatic rings. The van der Waals surface area contributed by atoms with Crippen LogP contribution in [0, 0.1) is 5.41 Å². The van der Waals surface area contributed by atoms with Gasteiger partial charge in [0.05, 0.1) is 31.1 Å². The Morgan fingerprint density at radius 3 is 2.08 bits per heavy atom. The van der Waals surface area contributed by atoms with Crippen molar-refractivity contribution in [1.29, 1.82) is 0 Å². The van der Waals surface area contributed by atoms with E-state index >= 15 is 0 Å². The Morgan fingerprint density at radius 2 is 1.50 bits per heavy atom. The van der Waals surface area contributed by atoms with Crippen molar-refractivity contribution < 1.29 is 32.2 Å². The lowest BCUT2D eigenvalue weighted by molar-refractivity contribution is -0.169. The van der Waals surface area contributed by atoms with Crippen LogP contribution in [0.4, 0.5) is 0 Å². The number of sulfone groups is 1. The SMILES string of the molecule is COC(=O)C1(C(=O)OC)CC2=Cc3cc(OC)ccc3C(C)(C)CC2=C(S(=O)(=O)c2ccccc2)C1. The molecule has 0 saturated heterocycles. The maximum atomic E-state index is 14.0. The fourth-order valence-electron chi connectivity index (χ4n) is 5.29. The van der Waals surface area contributed by atoms with Crippen molar-refractivity contribution in [3.8, 4) is 5.75 Å². The van der Waals surface area contributed by atoms with Crippen LogP contribution < -0.4 is 4.74 Å². The highest BCUT2D eigenvalue weighted by atomic mass is 32.2. The number of fused-ring (bicyclic) bond motifs is 2. The van der Waals surface area contributed by atoms with Crippen molar-refractivity contribution in [2.24, 2.45) is 5.41 Å². The van der Waals surface area contributed by atoms with Gasteiger partial charge in [-0.05, 0) is 64.8 Å². The van der Waals surface area contributed by atoms with Gasteiger partial charge in [-0.2, -0.15) is 0 Å². The summed E-state index contributed by atoms with van der Waals surface area (Å²) < 4.78 is 43.6. The molecular weight excluding hydrogens is 480 g/mol. The number of allylic oxidation sites excluding steroid dienone is 3. The summed E-state index contributed by atoms with van der Waals surface area (Å²) in [4.78, 5) is 26.4. The van der Waals surface area contributed by atoms with Crippen molar-refractivity contribution in [2.75, 3.05) is 21.3 Å². The summed E-state index contributed by atoms with van der Waals surface area (Å²) in [7, 11) is -0.113. The Balaban J connectivity index is 2.07. The molecule has 0 aromatic heterocycles. The van der Waals surface area contributed by atoms with Gasteiger partial charge in [0.1, 0.15) is 5.75 Å². The molecule has 190 valence electrons. The standard InChI is InChI=1S/C28H30O7S/c1-27(2)16-22-19(13-18-14-20(33-3)11-12-23(18)27)15-28(25(29)34-4,26(30)35-5)17-24(22)36(31,32)21-9-7-6-8-10-21/h6-14H,15-17H2,1-5H3. The van der Waals surface area contributed by atoms with E-state index in [9.17, 15) is 18.0 Å². The molecule has 0 heterocycles. The zero-order valence-electron chi connectivity index (χ0n) is 21.1. The quantitative estimate of drug-likeness (QED) is 0.428. The highest BCUT2D eigenvalue weighted by Gasteiger charge is 2.55. The van der Waals surface area contributed by atoms with E-state index in [1.165, 1.54) is 26.4 Å². The molecule has 8 heteroatoms. The lowest BCUT2D eigenvalue weighted by Crippen LogP contribution is -2.45. The van der Waals surface area contributed by atoms with Gasteiger partial charge in [-0.25, -0.2) is 8.42 Å². The first-order valence-electron chi connectivity index (χ1n) is 11.6. The van der Waals surface area contributed by atoms with Gasteiger partial charge >= 0.3 is 11.9 Å². The lowest BCUT2D eigenvalue weighted by Gasteiger charge is -2.37. The van der Waals surface area contributed by atoms with Crippen LogP contribution in [0.5, 0.6) is 5.75 Å². The van der Waals surface area contributed by atoms with Crippen molar-refractivity contribution in [3.05, 3.63) is 75.7 Å². The Kier molecular flexibility index (Phi) is 6.60. The Bertz CT molecular complexity index is 1370. The minimum absolute atomic E-state index is 0.0369. The molecule has 0 N–H and O–H groups in total. The van der Waals surface area contributed by atoms with Crippen LogP contribution in [0.3, 0.4) is 0 Å². The van der Waals surface area contributed by atoms with Crippen LogP contribution in [0.25, 0.3) is 6.08 Å². The first-order valence-corrected chi connectivity index (χ1v) is 13.1. The number of hydrogen-bond acceptors (Lipinski definition) is 7. The van der Waals surface area contributed by atoms with E-state index in [4.69, 9.17) is 14.2 Å². The molecule has 7 nitrogen and oxygen atoms in total. The summed E-state index contributed by atoms with van der Waals surface area (Å²) in [5.74, 6) is -1.01. The summed E-state index contributed by atoms with van der Waals surface area (Å²) >= 11 is 0. The predicted octanol–water partition coefficient (Wildman–Crippen LogP) is 4.61. The van der Waals surface area contributed by atoms with Crippen LogP contribution in [-0.4, -0.2) is 41.7 Å². The third kappa shape index (κ3) is 4.13. The minimum atomic E-state index is -4.05. The number of benzene rings is 2. The number of carbonyl (C=O) groups excluding carboxylic acids is 2. The summed E-state index contributed by atoms with van der Waals surface area (Å²) in [6.45, 7) is 4.11. The molecule has 4 rings (SSSR count). The highest BCUT2D eigenvalue weighted by molar-refractivity contribution is 7.95. The van der Waals surface area contributed by atoms with Crippen molar-refractivity contribution in [1.82, 2.24) is 0 Å². The van der Waals surface area contributed by atoms with Gasteiger partial charge in [-0.3, -0.25) is 9.59 Å². The summed E-state index contributed by atoms with van der Waals surface area (Å²) in [5.41, 5.74) is 0.781. The number of carbonyl (C=O) groups is 2. The molecule has 2 aromatic rings. The zero-order chi connectivity index (χ0) is 26.3. The van der Waals surface area contributed by atoms with Crippen LogP contribution in [0.2, 0.25) is 0 Å². The summed E-state index contributed by atoms with van der Waals surface area (Å²) in [6.07, 6.45) is 1.88. The number of methoxy groups -OCH3 is 3. The molecule has 0 amide bonds. The first kappa shape index (κ1) is 25.7. The van der Waals surface area contributed by atoms with Gasteiger partial charge in [0.15, 0.2) is 5.41 Å². The third-order valence-corrected chi connectivity index (χ3v) is 9.08. The first-order chi connectivity index (χ1) is 17.0. The number of ether oxygens (including phenoxy) is 3. The number of rotatable bonds is 5. The van der Waals surface area contributed by atoms with Crippen molar-refractivity contribution >= 4 is 27.9 Å². The van der Waals surface area contributed by atoms with E-state index < -0.39 is 32.6 Å². The molecule has 0 fully saturated rings. The van der Waals surface area contributed by atoms with E-state index in [0.717, 1.165) is 11.1 Å². The van der Waals surface area contributed by atoms with E-state index in [1.54, 1.807) is 25.3 Å². The predicted molar refractivity (Wildman–Crippen MR) is 135 cm³/mol. The van der Waals surface area contributed by atoms with Crippen molar-refractivity contribution in [2.45, 2.75) is 43.4 Å². The van der Waals surface area contributed by atoms with E-state index in [-0.39, 0.29) is 22.6 Å². The fraction of sp³-hybridized carbons (Fsp3) is 0.357. The maximum Gasteiger partial charge on any atom is 0.323 e. The van der Waals surface area contributed by atoms with E-state index in [0.29, 0.717) is 23.3 Å². The minimum Gasteiger partial charge on any atom is -0.497 e. The Labute approximate surface area is 211 Å². The van der Waals surface area contributed by atoms with Gasteiger partial charge in [-0.1, -0.05) is 44.2 Å². The number of hydrogen-bond donors (Lipinski definition) is 0. The highest BCUT2D eigenvalue weighted by Crippen LogP contribution is 2.52. The van der Waals surface area contributed by atoms with Gasteiger partial charge < -0.3 is 14.2 Å². The largest absolute Gasteiger partial charge is 0.497 e. The van der Waals surface area contributed by atoms with Crippen molar-refractivity contribution in [3.63, 3.8) is 0 Å². The molecule has 2 aliphatic carbocycles.